The van der Waals surface area contributed by atoms with Gasteiger partial charge in [-0.3, -0.25) is 9.59 Å². The van der Waals surface area contributed by atoms with E-state index in [1.807, 2.05) is 0 Å². The molecule has 1 heterocycles. The summed E-state index contributed by atoms with van der Waals surface area (Å²) in [6.07, 6.45) is -5.05. The Morgan fingerprint density at radius 2 is 1.80 bits per heavy atom. The van der Waals surface area contributed by atoms with E-state index in [-0.39, 0.29) is 24.2 Å². The number of aromatic nitrogens is 4. The average molecular weight is 494 g/mol. The molecule has 0 bridgehead atoms. The van der Waals surface area contributed by atoms with Crippen LogP contribution in [0.1, 0.15) is 31.4 Å². The largest absolute Gasteiger partial charge is 0.471 e. The number of rotatable bonds is 6. The van der Waals surface area contributed by atoms with E-state index in [2.05, 4.69) is 20.7 Å². The lowest BCUT2D eigenvalue weighted by molar-refractivity contribution is -0.175. The molecule has 0 unspecified atom stereocenters. The first-order valence-corrected chi connectivity index (χ1v) is 10.4. The lowest BCUT2D eigenvalue weighted by Crippen LogP contribution is -2.53. The highest BCUT2D eigenvalue weighted by molar-refractivity contribution is 5.95. The van der Waals surface area contributed by atoms with Crippen molar-refractivity contribution >= 4 is 11.8 Å². The van der Waals surface area contributed by atoms with Gasteiger partial charge in [0, 0.05) is 11.1 Å². The van der Waals surface area contributed by atoms with Crippen molar-refractivity contribution in [2.45, 2.75) is 37.5 Å². The highest BCUT2D eigenvalue weighted by Gasteiger charge is 2.55. The number of hydrogen-bond acceptors (Lipinski definition) is 5. The topological polar surface area (TPSA) is 102 Å². The van der Waals surface area contributed by atoms with Crippen LogP contribution in [0.25, 0.3) is 22.5 Å². The van der Waals surface area contributed by atoms with Gasteiger partial charge in [-0.1, -0.05) is 12.1 Å². The summed E-state index contributed by atoms with van der Waals surface area (Å²) in [5, 5.41) is 15.9. The Balaban J connectivity index is 1.55. The van der Waals surface area contributed by atoms with Gasteiger partial charge in [-0.05, 0) is 60.4 Å². The number of nitrogens with one attached hydrogen (secondary N) is 2. The Morgan fingerprint density at radius 3 is 2.37 bits per heavy atom. The van der Waals surface area contributed by atoms with Crippen LogP contribution in [0.5, 0.6) is 0 Å². The third kappa shape index (κ3) is 4.98. The molecule has 0 saturated heterocycles. The van der Waals surface area contributed by atoms with Crippen LogP contribution in [-0.4, -0.2) is 43.7 Å². The zero-order valence-corrected chi connectivity index (χ0v) is 18.5. The summed E-state index contributed by atoms with van der Waals surface area (Å²) in [5.41, 5.74) is -0.577. The summed E-state index contributed by atoms with van der Waals surface area (Å²) in [4.78, 5) is 25.0. The van der Waals surface area contributed by atoms with Crippen LogP contribution in [0, 0.1) is 11.6 Å². The molecule has 35 heavy (non-hydrogen) atoms. The van der Waals surface area contributed by atoms with Crippen molar-refractivity contribution in [3.63, 3.8) is 0 Å². The highest BCUT2D eigenvalue weighted by atomic mass is 19.4. The minimum Gasteiger partial charge on any atom is -0.347 e. The van der Waals surface area contributed by atoms with Gasteiger partial charge < -0.3 is 10.6 Å². The fourth-order valence-corrected chi connectivity index (χ4v) is 3.62. The van der Waals surface area contributed by atoms with Crippen LogP contribution in [0.3, 0.4) is 0 Å². The molecular formula is C22H19F5N6O2. The minimum absolute atomic E-state index is 0.0353. The summed E-state index contributed by atoms with van der Waals surface area (Å²) >= 11 is 0. The number of alkyl halides is 3. The van der Waals surface area contributed by atoms with E-state index in [0.29, 0.717) is 16.7 Å². The summed E-state index contributed by atoms with van der Waals surface area (Å²) in [6.45, 7) is 1.45. The molecule has 0 spiro atoms. The van der Waals surface area contributed by atoms with E-state index in [1.54, 1.807) is 12.4 Å². The predicted molar refractivity (Wildman–Crippen MR) is 112 cm³/mol. The maximum absolute atomic E-state index is 15.0. The number of carbonyl (C=O) groups excluding carboxylic acids is 2. The van der Waals surface area contributed by atoms with E-state index in [1.165, 1.54) is 42.1 Å². The fraction of sp³-hybridized carbons (Fsp3) is 0.318. The quantitative estimate of drug-likeness (QED) is 0.513. The Kier molecular flexibility index (Phi) is 6.03. The molecule has 2 N–H and O–H groups in total. The van der Waals surface area contributed by atoms with Crippen molar-refractivity contribution in [2.24, 2.45) is 7.05 Å². The number of benzene rings is 2. The summed E-state index contributed by atoms with van der Waals surface area (Å²) in [7, 11) is 1.56. The van der Waals surface area contributed by atoms with Crippen molar-refractivity contribution in [1.82, 2.24) is 30.8 Å². The molecule has 8 nitrogen and oxygen atoms in total. The first-order chi connectivity index (χ1) is 16.4. The maximum atomic E-state index is 15.0. The van der Waals surface area contributed by atoms with Gasteiger partial charge in [-0.25, -0.2) is 8.78 Å². The second kappa shape index (κ2) is 8.71. The Labute approximate surface area is 195 Å². The number of nitrogens with zero attached hydrogens (tertiary/aromatic N) is 4. The normalized spacial score (nSPS) is 15.4. The molecule has 3 aromatic rings. The van der Waals surface area contributed by atoms with Crippen LogP contribution in [-0.2, 0) is 16.6 Å². The third-order valence-electron chi connectivity index (χ3n) is 5.65. The molecule has 1 saturated carbocycles. The smallest absolute Gasteiger partial charge is 0.347 e. The maximum Gasteiger partial charge on any atom is 0.471 e. The molecule has 0 radical (unpaired) electrons. The summed E-state index contributed by atoms with van der Waals surface area (Å²) in [5.74, 6) is -4.14. The van der Waals surface area contributed by atoms with Crippen molar-refractivity contribution in [3.8, 4) is 22.5 Å². The Hall–Kier alpha value is -3.90. The lowest BCUT2D eigenvalue weighted by Gasteiger charge is -2.22. The van der Waals surface area contributed by atoms with Crippen LogP contribution in [0.15, 0.2) is 36.4 Å². The van der Waals surface area contributed by atoms with Crippen molar-refractivity contribution in [3.05, 3.63) is 53.6 Å². The van der Waals surface area contributed by atoms with Crippen LogP contribution in [0.4, 0.5) is 22.0 Å². The van der Waals surface area contributed by atoms with Gasteiger partial charge >= 0.3 is 12.1 Å². The van der Waals surface area contributed by atoms with Gasteiger partial charge in [0.1, 0.15) is 17.2 Å². The Bertz CT molecular complexity index is 1300. The molecule has 13 heteroatoms. The van der Waals surface area contributed by atoms with E-state index in [4.69, 9.17) is 0 Å². The van der Waals surface area contributed by atoms with Crippen LogP contribution in [0.2, 0.25) is 0 Å². The van der Waals surface area contributed by atoms with Gasteiger partial charge in [0.05, 0.1) is 13.1 Å². The van der Waals surface area contributed by atoms with Gasteiger partial charge in [0.2, 0.25) is 11.7 Å². The lowest BCUT2D eigenvalue weighted by atomic mass is 9.96. The molecule has 2 amide bonds. The molecule has 1 fully saturated rings. The van der Waals surface area contributed by atoms with E-state index >= 15 is 4.39 Å². The Morgan fingerprint density at radius 1 is 1.09 bits per heavy atom. The van der Waals surface area contributed by atoms with Crippen molar-refractivity contribution < 1.29 is 31.5 Å². The molecule has 1 aliphatic carbocycles. The monoisotopic (exact) mass is 494 g/mol. The second-order valence-electron chi connectivity index (χ2n) is 8.26. The molecule has 1 aromatic heterocycles. The van der Waals surface area contributed by atoms with Gasteiger partial charge in [-0.15, -0.1) is 10.2 Å². The molecule has 0 aliphatic heterocycles. The molecule has 2 aromatic carbocycles. The first-order valence-electron chi connectivity index (χ1n) is 10.4. The molecule has 1 aliphatic rings. The second-order valence-corrected chi connectivity index (χ2v) is 8.26. The number of aryl methyl sites for hydroxylation is 1. The van der Waals surface area contributed by atoms with Gasteiger partial charge in [0.25, 0.3) is 0 Å². The first kappa shape index (κ1) is 24.2. The van der Waals surface area contributed by atoms with Crippen molar-refractivity contribution in [2.75, 3.05) is 0 Å². The zero-order chi connectivity index (χ0) is 25.5. The van der Waals surface area contributed by atoms with E-state index in [9.17, 15) is 27.2 Å². The predicted octanol–water partition coefficient (Wildman–Crippen LogP) is 3.21. The number of carbonyl (C=O) groups is 2. The van der Waals surface area contributed by atoms with Gasteiger partial charge in [0.15, 0.2) is 0 Å². The van der Waals surface area contributed by atoms with Crippen molar-refractivity contribution in [1.29, 1.82) is 0 Å². The average Bonchev–Trinajstić information content (AvgIpc) is 3.44. The van der Waals surface area contributed by atoms with E-state index < -0.39 is 41.2 Å². The fourth-order valence-electron chi connectivity index (χ4n) is 3.62. The summed E-state index contributed by atoms with van der Waals surface area (Å²) < 4.78 is 66.7. The highest BCUT2D eigenvalue weighted by Crippen LogP contribution is 2.38. The van der Waals surface area contributed by atoms with E-state index in [0.717, 1.165) is 6.07 Å². The molecule has 4 rings (SSSR count). The molecular weight excluding hydrogens is 475 g/mol. The summed E-state index contributed by atoms with van der Waals surface area (Å²) in [6, 6.07) is 6.96. The van der Waals surface area contributed by atoms with Crippen LogP contribution < -0.4 is 10.6 Å². The number of amides is 2. The number of halogens is 5. The number of tetrazole rings is 1. The molecule has 1 atom stereocenters. The zero-order valence-electron chi connectivity index (χ0n) is 18.5. The standard InChI is InChI=1S/C22H19F5N6O2/c1-11(28-19(34)21(7-8-21)29-20(35)22(25,26)27)14-5-3-12(9-17(14)24)16-10-13(23)4-6-15(16)18-30-32-33(2)31-18/h3-6,9-11H,7-8H2,1-2H3,(H,28,34)(H,29,35)/t11-/m1/s1. The minimum atomic E-state index is -5.12. The number of hydrogen-bond donors (Lipinski definition) is 2. The molecule has 184 valence electrons. The third-order valence-corrected chi connectivity index (χ3v) is 5.65. The van der Waals surface area contributed by atoms with Gasteiger partial charge in [-0.2, -0.15) is 18.0 Å². The SMILES string of the molecule is C[C@@H](NC(=O)C1(NC(=O)C(F)(F)F)CC1)c1ccc(-c2cc(F)ccc2-c2nnn(C)n2)cc1F. The van der Waals surface area contributed by atoms with Crippen LogP contribution >= 0.6 is 0 Å².